The molecule has 2 aromatic rings. The molecule has 0 saturated heterocycles. The van der Waals surface area contributed by atoms with Gasteiger partial charge in [-0.15, -0.1) is 0 Å². The topological polar surface area (TPSA) is 65.2 Å². The van der Waals surface area contributed by atoms with Gasteiger partial charge in [0.25, 0.3) is 0 Å². The van der Waals surface area contributed by atoms with Gasteiger partial charge >= 0.3 is 0 Å². The second kappa shape index (κ2) is 6.75. The van der Waals surface area contributed by atoms with E-state index in [0.29, 0.717) is 16.9 Å². The summed E-state index contributed by atoms with van der Waals surface area (Å²) < 4.78 is 5.82. The van der Waals surface area contributed by atoms with Gasteiger partial charge in [0.2, 0.25) is 11.8 Å². The van der Waals surface area contributed by atoms with E-state index in [0.717, 1.165) is 17.6 Å². The van der Waals surface area contributed by atoms with Crippen LogP contribution in [-0.2, 0) is 5.41 Å². The highest BCUT2D eigenvalue weighted by atomic mass is 16.5. The van der Waals surface area contributed by atoms with E-state index in [4.69, 9.17) is 10.5 Å². The minimum atomic E-state index is -0.486. The normalized spacial score (nSPS) is 27.7. The van der Waals surface area contributed by atoms with Crippen molar-refractivity contribution in [2.45, 2.75) is 50.9 Å². The van der Waals surface area contributed by atoms with E-state index in [9.17, 15) is 4.79 Å². The number of benzene rings is 1. The van der Waals surface area contributed by atoms with Gasteiger partial charge < -0.3 is 10.5 Å². The van der Waals surface area contributed by atoms with E-state index in [-0.39, 0.29) is 0 Å². The smallest absolute Gasteiger partial charge is 0.250 e. The fourth-order valence-corrected chi connectivity index (χ4v) is 5.10. The van der Waals surface area contributed by atoms with Crippen LogP contribution in [0.2, 0.25) is 0 Å². The highest BCUT2D eigenvalue weighted by Gasteiger charge is 2.46. The fourth-order valence-electron chi connectivity index (χ4n) is 5.10. The van der Waals surface area contributed by atoms with Crippen molar-refractivity contribution in [3.8, 4) is 11.6 Å². The summed E-state index contributed by atoms with van der Waals surface area (Å²) in [6, 6.07) is 11.8. The fraction of sp³-hybridized carbons (Fsp3) is 0.455. The third-order valence-electron chi connectivity index (χ3n) is 6.63. The second-order valence-electron chi connectivity index (χ2n) is 7.91. The molecule has 2 aliphatic rings. The number of rotatable bonds is 4. The number of primary amides is 1. The number of fused-ring (bicyclic) bond motifs is 2. The molecule has 2 fully saturated rings. The van der Waals surface area contributed by atoms with Crippen LogP contribution in [0.3, 0.4) is 0 Å². The molecule has 4 nitrogen and oxygen atoms in total. The second-order valence-corrected chi connectivity index (χ2v) is 7.91. The molecule has 2 saturated carbocycles. The zero-order chi connectivity index (χ0) is 18.1. The van der Waals surface area contributed by atoms with Crippen LogP contribution in [0.4, 0.5) is 0 Å². The summed E-state index contributed by atoms with van der Waals surface area (Å²) >= 11 is 0. The van der Waals surface area contributed by atoms with Gasteiger partial charge in [-0.05, 0) is 66.7 Å². The first-order valence-electron chi connectivity index (χ1n) is 9.61. The molecular weight excluding hydrogens is 324 g/mol. The SMILES string of the molecule is CC1(c2ccc(Oc3ccc(C(N)=O)cn3)cc2)C2CCCC1CCC2. The minimum Gasteiger partial charge on any atom is -0.439 e. The van der Waals surface area contributed by atoms with Crippen molar-refractivity contribution in [3.05, 3.63) is 53.7 Å². The third kappa shape index (κ3) is 2.98. The van der Waals surface area contributed by atoms with Gasteiger partial charge in [-0.3, -0.25) is 4.79 Å². The Balaban J connectivity index is 1.52. The predicted molar refractivity (Wildman–Crippen MR) is 101 cm³/mol. The molecule has 2 bridgehead atoms. The molecule has 1 heterocycles. The zero-order valence-electron chi connectivity index (χ0n) is 15.3. The van der Waals surface area contributed by atoms with Crippen molar-refractivity contribution in [1.29, 1.82) is 0 Å². The average Bonchev–Trinajstić information content (AvgIpc) is 2.62. The number of carbonyl (C=O) groups is 1. The van der Waals surface area contributed by atoms with Crippen molar-refractivity contribution in [1.82, 2.24) is 4.98 Å². The number of carbonyl (C=O) groups excluding carboxylic acids is 1. The lowest BCUT2D eigenvalue weighted by Crippen LogP contribution is -2.45. The largest absolute Gasteiger partial charge is 0.439 e. The Morgan fingerprint density at radius 2 is 1.65 bits per heavy atom. The molecule has 136 valence electrons. The van der Waals surface area contributed by atoms with Crippen molar-refractivity contribution in [2.24, 2.45) is 17.6 Å². The maximum Gasteiger partial charge on any atom is 0.250 e. The van der Waals surface area contributed by atoms with Crippen molar-refractivity contribution in [2.75, 3.05) is 0 Å². The molecule has 0 atom stereocenters. The van der Waals surface area contributed by atoms with Gasteiger partial charge in [-0.25, -0.2) is 4.98 Å². The van der Waals surface area contributed by atoms with E-state index >= 15 is 0 Å². The molecule has 1 aromatic heterocycles. The molecule has 0 radical (unpaired) electrons. The van der Waals surface area contributed by atoms with E-state index < -0.39 is 5.91 Å². The van der Waals surface area contributed by atoms with Crippen LogP contribution in [0.1, 0.15) is 61.4 Å². The number of amides is 1. The van der Waals surface area contributed by atoms with Crippen molar-refractivity contribution in [3.63, 3.8) is 0 Å². The summed E-state index contributed by atoms with van der Waals surface area (Å²) in [5.74, 6) is 2.36. The molecule has 0 spiro atoms. The Bertz CT molecular complexity index is 761. The number of hydrogen-bond donors (Lipinski definition) is 1. The molecule has 1 aromatic carbocycles. The predicted octanol–water partition coefficient (Wildman–Crippen LogP) is 4.83. The van der Waals surface area contributed by atoms with Crippen molar-refractivity contribution < 1.29 is 9.53 Å². The Hall–Kier alpha value is -2.36. The summed E-state index contributed by atoms with van der Waals surface area (Å²) in [6.45, 7) is 2.47. The van der Waals surface area contributed by atoms with Gasteiger partial charge in [-0.2, -0.15) is 0 Å². The maximum atomic E-state index is 11.1. The summed E-state index contributed by atoms with van der Waals surface area (Å²) in [5.41, 5.74) is 7.36. The minimum absolute atomic E-state index is 0.302. The monoisotopic (exact) mass is 350 g/mol. The van der Waals surface area contributed by atoms with Crippen LogP contribution in [-0.4, -0.2) is 10.9 Å². The van der Waals surface area contributed by atoms with E-state index in [1.165, 1.54) is 50.3 Å². The summed E-state index contributed by atoms with van der Waals surface area (Å²) in [4.78, 5) is 15.3. The molecule has 4 heteroatoms. The average molecular weight is 350 g/mol. The third-order valence-corrected chi connectivity index (χ3v) is 6.63. The quantitative estimate of drug-likeness (QED) is 0.859. The highest BCUT2D eigenvalue weighted by molar-refractivity contribution is 5.92. The van der Waals surface area contributed by atoms with Gasteiger partial charge in [-0.1, -0.05) is 31.9 Å². The van der Waals surface area contributed by atoms with Crippen LogP contribution in [0.15, 0.2) is 42.6 Å². The van der Waals surface area contributed by atoms with Gasteiger partial charge in [0.1, 0.15) is 5.75 Å². The van der Waals surface area contributed by atoms with Gasteiger partial charge in [0.15, 0.2) is 0 Å². The summed E-state index contributed by atoms with van der Waals surface area (Å²) in [6.07, 6.45) is 9.67. The van der Waals surface area contributed by atoms with E-state index in [1.54, 1.807) is 12.1 Å². The lowest BCUT2D eigenvalue weighted by atomic mass is 9.53. The molecule has 2 aliphatic carbocycles. The first kappa shape index (κ1) is 17.1. The molecule has 0 aliphatic heterocycles. The number of nitrogens with two attached hydrogens (primary N) is 1. The molecule has 1 amide bonds. The van der Waals surface area contributed by atoms with Crippen LogP contribution >= 0.6 is 0 Å². The first-order valence-corrected chi connectivity index (χ1v) is 9.61. The molecule has 26 heavy (non-hydrogen) atoms. The molecule has 0 unspecified atom stereocenters. The van der Waals surface area contributed by atoms with E-state index in [1.807, 2.05) is 12.1 Å². The van der Waals surface area contributed by atoms with Gasteiger partial charge in [0, 0.05) is 12.3 Å². The number of ether oxygens (including phenoxy) is 1. The number of nitrogens with zero attached hydrogens (tertiary/aromatic N) is 1. The highest BCUT2D eigenvalue weighted by Crippen LogP contribution is 2.54. The Morgan fingerprint density at radius 3 is 2.15 bits per heavy atom. The Labute approximate surface area is 154 Å². The summed E-state index contributed by atoms with van der Waals surface area (Å²) in [5, 5.41) is 0. The Kier molecular flexibility index (Phi) is 4.43. The molecule has 2 N–H and O–H groups in total. The van der Waals surface area contributed by atoms with Crippen LogP contribution < -0.4 is 10.5 Å². The van der Waals surface area contributed by atoms with Crippen LogP contribution in [0, 0.1) is 11.8 Å². The van der Waals surface area contributed by atoms with E-state index in [2.05, 4.69) is 24.0 Å². The van der Waals surface area contributed by atoms with Crippen LogP contribution in [0.5, 0.6) is 11.6 Å². The lowest BCUT2D eigenvalue weighted by Gasteiger charge is -2.52. The number of aromatic nitrogens is 1. The number of hydrogen-bond acceptors (Lipinski definition) is 3. The lowest BCUT2D eigenvalue weighted by molar-refractivity contribution is 0.0666. The van der Waals surface area contributed by atoms with Crippen molar-refractivity contribution >= 4 is 5.91 Å². The summed E-state index contributed by atoms with van der Waals surface area (Å²) in [7, 11) is 0. The standard InChI is InChI=1S/C22H26N2O2/c1-22(16-4-2-5-17(22)7-3-6-16)18-9-11-19(12-10-18)26-20-13-8-15(14-24-20)21(23)25/h8-14,16-17H,2-7H2,1H3,(H2,23,25). The zero-order valence-corrected chi connectivity index (χ0v) is 15.3. The molecular formula is C22H26N2O2. The maximum absolute atomic E-state index is 11.1. The van der Waals surface area contributed by atoms with Crippen LogP contribution in [0.25, 0.3) is 0 Å². The number of pyridine rings is 1. The Morgan fingerprint density at radius 1 is 1.04 bits per heavy atom. The van der Waals surface area contributed by atoms with Gasteiger partial charge in [0.05, 0.1) is 5.56 Å². The first-order chi connectivity index (χ1) is 12.6. The molecule has 4 rings (SSSR count).